The standard InChI is InChI=1S/C15H15N5OS/c1-9-6-11(3)20(18-9)13-5-4-12(8-16-13)15(21)17-14-7-10(2)19-22-14/h4-8H,1-3H3,(H,17,21). The van der Waals surface area contributed by atoms with Gasteiger partial charge in [0, 0.05) is 11.9 Å². The van der Waals surface area contributed by atoms with Gasteiger partial charge < -0.3 is 5.32 Å². The molecule has 6 nitrogen and oxygen atoms in total. The first-order chi connectivity index (χ1) is 10.5. The zero-order valence-corrected chi connectivity index (χ0v) is 13.3. The zero-order valence-electron chi connectivity index (χ0n) is 12.5. The molecule has 0 spiro atoms. The van der Waals surface area contributed by atoms with Gasteiger partial charge in [-0.15, -0.1) is 0 Å². The van der Waals surface area contributed by atoms with Gasteiger partial charge >= 0.3 is 0 Å². The van der Waals surface area contributed by atoms with E-state index in [2.05, 4.69) is 19.8 Å². The average Bonchev–Trinajstić information content (AvgIpc) is 3.04. The molecule has 0 aliphatic carbocycles. The van der Waals surface area contributed by atoms with E-state index in [0.717, 1.165) is 22.1 Å². The van der Waals surface area contributed by atoms with Crippen molar-refractivity contribution in [3.8, 4) is 5.82 Å². The van der Waals surface area contributed by atoms with E-state index in [0.29, 0.717) is 11.4 Å². The first kappa shape index (κ1) is 14.4. The van der Waals surface area contributed by atoms with Gasteiger partial charge in [0.05, 0.1) is 17.0 Å². The van der Waals surface area contributed by atoms with Gasteiger partial charge in [0.2, 0.25) is 0 Å². The van der Waals surface area contributed by atoms with Gasteiger partial charge in [0.1, 0.15) is 5.00 Å². The number of nitrogens with zero attached hydrogens (tertiary/aromatic N) is 4. The molecule has 0 saturated carbocycles. The number of carbonyl (C=O) groups excluding carboxylic acids is 1. The molecule has 0 bridgehead atoms. The number of nitrogens with one attached hydrogen (secondary N) is 1. The summed E-state index contributed by atoms with van der Waals surface area (Å²) in [7, 11) is 0. The van der Waals surface area contributed by atoms with Crippen LogP contribution in [0.3, 0.4) is 0 Å². The Balaban J connectivity index is 1.79. The fraction of sp³-hybridized carbons (Fsp3) is 0.200. The summed E-state index contributed by atoms with van der Waals surface area (Å²) < 4.78 is 5.88. The van der Waals surface area contributed by atoms with E-state index in [9.17, 15) is 4.79 Å². The predicted molar refractivity (Wildman–Crippen MR) is 85.6 cm³/mol. The molecule has 0 fully saturated rings. The van der Waals surface area contributed by atoms with Crippen molar-refractivity contribution in [3.05, 3.63) is 53.1 Å². The van der Waals surface area contributed by atoms with Gasteiger partial charge in [-0.3, -0.25) is 4.79 Å². The monoisotopic (exact) mass is 313 g/mol. The average molecular weight is 313 g/mol. The third kappa shape index (κ3) is 2.89. The molecular formula is C15H15N5OS. The molecule has 0 aromatic carbocycles. The number of aromatic nitrogens is 4. The summed E-state index contributed by atoms with van der Waals surface area (Å²) in [5.41, 5.74) is 3.32. The second-order valence-electron chi connectivity index (χ2n) is 5.03. The van der Waals surface area contributed by atoms with Crippen LogP contribution in [0.2, 0.25) is 0 Å². The van der Waals surface area contributed by atoms with Crippen molar-refractivity contribution < 1.29 is 4.79 Å². The molecule has 3 aromatic heterocycles. The summed E-state index contributed by atoms with van der Waals surface area (Å²) in [6.45, 7) is 5.79. The van der Waals surface area contributed by atoms with Gasteiger partial charge in [0.15, 0.2) is 5.82 Å². The molecule has 1 N–H and O–H groups in total. The van der Waals surface area contributed by atoms with Crippen LogP contribution in [0.4, 0.5) is 5.00 Å². The van der Waals surface area contributed by atoms with Crippen LogP contribution < -0.4 is 5.32 Å². The normalized spacial score (nSPS) is 10.7. The highest BCUT2D eigenvalue weighted by molar-refractivity contribution is 7.10. The van der Waals surface area contributed by atoms with Crippen molar-refractivity contribution in [2.45, 2.75) is 20.8 Å². The van der Waals surface area contributed by atoms with Gasteiger partial charge in [-0.1, -0.05) is 0 Å². The summed E-state index contributed by atoms with van der Waals surface area (Å²) in [5.74, 6) is 0.492. The molecule has 0 saturated heterocycles. The van der Waals surface area contributed by atoms with Crippen LogP contribution in [0, 0.1) is 20.8 Å². The highest BCUT2D eigenvalue weighted by Crippen LogP contribution is 2.17. The van der Waals surface area contributed by atoms with Crippen molar-refractivity contribution in [2.75, 3.05) is 5.32 Å². The molecular weight excluding hydrogens is 298 g/mol. The Morgan fingerprint density at radius 1 is 1.18 bits per heavy atom. The maximum absolute atomic E-state index is 12.1. The number of rotatable bonds is 3. The van der Waals surface area contributed by atoms with Crippen molar-refractivity contribution in [1.29, 1.82) is 0 Å². The number of pyridine rings is 1. The largest absolute Gasteiger partial charge is 0.312 e. The molecule has 0 aliphatic rings. The number of aryl methyl sites for hydroxylation is 3. The van der Waals surface area contributed by atoms with Crippen LogP contribution in [0.25, 0.3) is 5.82 Å². The van der Waals surface area contributed by atoms with Crippen LogP contribution in [-0.2, 0) is 0 Å². The zero-order chi connectivity index (χ0) is 15.7. The van der Waals surface area contributed by atoms with Crippen LogP contribution in [0.15, 0.2) is 30.5 Å². The Kier molecular flexibility index (Phi) is 3.72. The smallest absolute Gasteiger partial charge is 0.257 e. The van der Waals surface area contributed by atoms with Gasteiger partial charge in [0.25, 0.3) is 5.91 Å². The van der Waals surface area contributed by atoms with E-state index in [1.807, 2.05) is 32.9 Å². The lowest BCUT2D eigenvalue weighted by molar-refractivity contribution is 0.102. The fourth-order valence-electron chi connectivity index (χ4n) is 2.11. The molecule has 1 amide bonds. The first-order valence-corrected chi connectivity index (χ1v) is 7.54. The van der Waals surface area contributed by atoms with E-state index in [1.165, 1.54) is 11.5 Å². The summed E-state index contributed by atoms with van der Waals surface area (Å²) in [4.78, 5) is 16.5. The molecule has 0 radical (unpaired) electrons. The van der Waals surface area contributed by atoms with Crippen LogP contribution in [0.1, 0.15) is 27.4 Å². The van der Waals surface area contributed by atoms with E-state index in [1.54, 1.807) is 23.0 Å². The second-order valence-corrected chi connectivity index (χ2v) is 5.84. The molecule has 7 heteroatoms. The van der Waals surface area contributed by atoms with E-state index < -0.39 is 0 Å². The number of hydrogen-bond donors (Lipinski definition) is 1. The maximum atomic E-state index is 12.1. The summed E-state index contributed by atoms with van der Waals surface area (Å²) >= 11 is 1.26. The van der Waals surface area contributed by atoms with E-state index in [4.69, 9.17) is 0 Å². The van der Waals surface area contributed by atoms with E-state index in [-0.39, 0.29) is 5.91 Å². The van der Waals surface area contributed by atoms with Crippen LogP contribution in [0.5, 0.6) is 0 Å². The molecule has 0 atom stereocenters. The molecule has 3 heterocycles. The van der Waals surface area contributed by atoms with Crippen molar-refractivity contribution in [1.82, 2.24) is 19.1 Å². The highest BCUT2D eigenvalue weighted by atomic mass is 32.1. The molecule has 3 aromatic rings. The number of amides is 1. The van der Waals surface area contributed by atoms with Gasteiger partial charge in [-0.05, 0) is 56.6 Å². The van der Waals surface area contributed by atoms with Crippen molar-refractivity contribution in [2.24, 2.45) is 0 Å². The minimum atomic E-state index is -0.198. The van der Waals surface area contributed by atoms with Gasteiger partial charge in [-0.25, -0.2) is 9.67 Å². The lowest BCUT2D eigenvalue weighted by Crippen LogP contribution is -2.12. The lowest BCUT2D eigenvalue weighted by atomic mass is 10.2. The topological polar surface area (TPSA) is 72.7 Å². The minimum absolute atomic E-state index is 0.198. The SMILES string of the molecule is Cc1cc(NC(=O)c2ccc(-n3nc(C)cc3C)nc2)sn1. The quantitative estimate of drug-likeness (QED) is 0.807. The Hall–Kier alpha value is -2.54. The number of anilines is 1. The lowest BCUT2D eigenvalue weighted by Gasteiger charge is -2.05. The Morgan fingerprint density at radius 3 is 2.55 bits per heavy atom. The van der Waals surface area contributed by atoms with Gasteiger partial charge in [-0.2, -0.15) is 9.47 Å². The molecule has 0 aliphatic heterocycles. The number of carbonyl (C=O) groups is 1. The van der Waals surface area contributed by atoms with Crippen molar-refractivity contribution in [3.63, 3.8) is 0 Å². The first-order valence-electron chi connectivity index (χ1n) is 6.77. The summed E-state index contributed by atoms with van der Waals surface area (Å²) in [6, 6.07) is 7.34. The summed E-state index contributed by atoms with van der Waals surface area (Å²) in [6.07, 6.45) is 1.55. The minimum Gasteiger partial charge on any atom is -0.312 e. The van der Waals surface area contributed by atoms with E-state index >= 15 is 0 Å². The van der Waals surface area contributed by atoms with Crippen molar-refractivity contribution >= 4 is 22.4 Å². The maximum Gasteiger partial charge on any atom is 0.257 e. The second kappa shape index (κ2) is 5.69. The third-order valence-corrected chi connectivity index (χ3v) is 3.90. The number of hydrogen-bond acceptors (Lipinski definition) is 5. The molecule has 112 valence electrons. The molecule has 0 unspecified atom stereocenters. The third-order valence-electron chi connectivity index (χ3n) is 3.10. The Labute approximate surface area is 132 Å². The Bertz CT molecular complexity index is 819. The highest BCUT2D eigenvalue weighted by Gasteiger charge is 2.10. The Morgan fingerprint density at radius 2 is 2.00 bits per heavy atom. The fourth-order valence-corrected chi connectivity index (χ4v) is 2.77. The van der Waals surface area contributed by atoms with Crippen LogP contribution in [-0.4, -0.2) is 25.0 Å². The molecule has 22 heavy (non-hydrogen) atoms. The van der Waals surface area contributed by atoms with Crippen LogP contribution >= 0.6 is 11.5 Å². The summed E-state index contributed by atoms with van der Waals surface area (Å²) in [5, 5.41) is 7.91. The molecule has 3 rings (SSSR count). The predicted octanol–water partition coefficient (Wildman–Crippen LogP) is 2.90.